The Balaban J connectivity index is 2.47. The molecule has 0 atom stereocenters. The second kappa shape index (κ2) is 4.94. The highest BCUT2D eigenvalue weighted by Crippen LogP contribution is 2.30. The Morgan fingerprint density at radius 2 is 2.25 bits per heavy atom. The molecule has 0 aliphatic rings. The van der Waals surface area contributed by atoms with Crippen molar-refractivity contribution in [1.29, 1.82) is 0 Å². The Hall–Kier alpha value is -1.61. The number of hydrogen-bond acceptors (Lipinski definition) is 3. The molecular weight excluding hydrogens is 220 g/mol. The second-order valence-electron chi connectivity index (χ2n) is 3.28. The van der Waals surface area contributed by atoms with Crippen LogP contribution in [0.25, 0.3) is 10.4 Å². The molecule has 82 valence electrons. The molecule has 2 nitrogen and oxygen atoms in total. The van der Waals surface area contributed by atoms with Gasteiger partial charge in [-0.3, -0.25) is 4.79 Å². The fourth-order valence-electron chi connectivity index (χ4n) is 1.54. The number of benzene rings is 1. The molecule has 0 amide bonds. The number of carbonyl (C=O) groups is 1. The molecule has 0 bridgehead atoms. The van der Waals surface area contributed by atoms with Gasteiger partial charge in [-0.1, -0.05) is 6.07 Å². The zero-order chi connectivity index (χ0) is 11.4. The molecule has 3 heteroatoms. The van der Waals surface area contributed by atoms with E-state index in [9.17, 15) is 4.79 Å². The average molecular weight is 232 g/mol. The standard InChI is InChI=1S/C13H12O2S/c1-2-15-11-6-5-10(9-14)12(8-11)13-4-3-7-16-13/h3-9H,2H2,1H3. The fraction of sp³-hybridized carbons (Fsp3) is 0.154. The summed E-state index contributed by atoms with van der Waals surface area (Å²) >= 11 is 1.62. The van der Waals surface area contributed by atoms with Gasteiger partial charge in [0, 0.05) is 16.0 Å². The predicted octanol–water partition coefficient (Wildman–Crippen LogP) is 3.63. The Morgan fingerprint density at radius 1 is 1.38 bits per heavy atom. The van der Waals surface area contributed by atoms with Gasteiger partial charge in [0.2, 0.25) is 0 Å². The molecule has 1 aromatic heterocycles. The zero-order valence-corrected chi connectivity index (χ0v) is 9.79. The Morgan fingerprint density at radius 3 is 2.88 bits per heavy atom. The van der Waals surface area contributed by atoms with Crippen molar-refractivity contribution in [3.05, 3.63) is 41.3 Å². The minimum atomic E-state index is 0.629. The molecule has 0 aliphatic carbocycles. The molecule has 1 heterocycles. The number of aldehydes is 1. The summed E-state index contributed by atoms with van der Waals surface area (Å²) in [5.41, 5.74) is 1.64. The van der Waals surface area contributed by atoms with E-state index in [1.165, 1.54) is 0 Å². The third-order valence-corrected chi connectivity index (χ3v) is 3.15. The van der Waals surface area contributed by atoms with Crippen LogP contribution in [0.15, 0.2) is 35.7 Å². The predicted molar refractivity (Wildman–Crippen MR) is 66.3 cm³/mol. The van der Waals surface area contributed by atoms with E-state index in [0.717, 1.165) is 22.5 Å². The molecule has 0 saturated heterocycles. The molecule has 2 aromatic rings. The van der Waals surface area contributed by atoms with Gasteiger partial charge in [0.05, 0.1) is 6.61 Å². The fourth-order valence-corrected chi connectivity index (χ4v) is 2.30. The van der Waals surface area contributed by atoms with Crippen LogP contribution in [0.3, 0.4) is 0 Å². The lowest BCUT2D eigenvalue weighted by molar-refractivity contribution is 0.112. The van der Waals surface area contributed by atoms with Gasteiger partial charge in [-0.2, -0.15) is 0 Å². The summed E-state index contributed by atoms with van der Waals surface area (Å²) < 4.78 is 5.43. The third-order valence-electron chi connectivity index (χ3n) is 2.25. The van der Waals surface area contributed by atoms with Crippen molar-refractivity contribution in [2.75, 3.05) is 6.61 Å². The highest BCUT2D eigenvalue weighted by atomic mass is 32.1. The smallest absolute Gasteiger partial charge is 0.150 e. The van der Waals surface area contributed by atoms with Gasteiger partial charge in [-0.25, -0.2) is 0 Å². The van der Waals surface area contributed by atoms with Crippen LogP contribution < -0.4 is 4.74 Å². The lowest BCUT2D eigenvalue weighted by atomic mass is 10.1. The number of carbonyl (C=O) groups excluding carboxylic acids is 1. The number of rotatable bonds is 4. The van der Waals surface area contributed by atoms with Crippen molar-refractivity contribution >= 4 is 17.6 Å². The maximum atomic E-state index is 11.0. The van der Waals surface area contributed by atoms with Crippen molar-refractivity contribution in [1.82, 2.24) is 0 Å². The SMILES string of the molecule is CCOc1ccc(C=O)c(-c2cccs2)c1. The molecule has 1 aromatic carbocycles. The van der Waals surface area contributed by atoms with E-state index >= 15 is 0 Å². The lowest BCUT2D eigenvalue weighted by Crippen LogP contribution is -1.93. The molecule has 16 heavy (non-hydrogen) atoms. The van der Waals surface area contributed by atoms with E-state index in [0.29, 0.717) is 12.2 Å². The third kappa shape index (κ3) is 2.14. The van der Waals surface area contributed by atoms with Crippen molar-refractivity contribution in [3.63, 3.8) is 0 Å². The first kappa shape index (κ1) is 10.9. The number of hydrogen-bond donors (Lipinski definition) is 0. The summed E-state index contributed by atoms with van der Waals surface area (Å²) in [6.45, 7) is 2.57. The van der Waals surface area contributed by atoms with E-state index < -0.39 is 0 Å². The largest absolute Gasteiger partial charge is 0.494 e. The van der Waals surface area contributed by atoms with Crippen molar-refractivity contribution < 1.29 is 9.53 Å². The first-order valence-corrected chi connectivity index (χ1v) is 5.99. The Kier molecular flexibility index (Phi) is 3.37. The Labute approximate surface area is 98.5 Å². The quantitative estimate of drug-likeness (QED) is 0.752. The van der Waals surface area contributed by atoms with E-state index in [-0.39, 0.29) is 0 Å². The zero-order valence-electron chi connectivity index (χ0n) is 8.97. The van der Waals surface area contributed by atoms with Crippen molar-refractivity contribution in [3.8, 4) is 16.2 Å². The van der Waals surface area contributed by atoms with Crippen LogP contribution in [-0.4, -0.2) is 12.9 Å². The van der Waals surface area contributed by atoms with Crippen molar-refractivity contribution in [2.24, 2.45) is 0 Å². The van der Waals surface area contributed by atoms with E-state index in [2.05, 4.69) is 0 Å². The maximum absolute atomic E-state index is 11.0. The van der Waals surface area contributed by atoms with Gasteiger partial charge in [-0.15, -0.1) is 11.3 Å². The van der Waals surface area contributed by atoms with Crippen LogP contribution in [-0.2, 0) is 0 Å². The first-order chi connectivity index (χ1) is 7.85. The molecule has 2 rings (SSSR count). The van der Waals surface area contributed by atoms with Crippen LogP contribution in [0.4, 0.5) is 0 Å². The first-order valence-electron chi connectivity index (χ1n) is 5.11. The summed E-state index contributed by atoms with van der Waals surface area (Å²) in [6.07, 6.45) is 0.880. The monoisotopic (exact) mass is 232 g/mol. The summed E-state index contributed by atoms with van der Waals surface area (Å²) in [5, 5.41) is 2.00. The topological polar surface area (TPSA) is 26.3 Å². The van der Waals surface area contributed by atoms with Gasteiger partial charge < -0.3 is 4.74 Å². The molecule has 0 N–H and O–H groups in total. The van der Waals surface area contributed by atoms with Gasteiger partial charge in [0.15, 0.2) is 6.29 Å². The van der Waals surface area contributed by atoms with Gasteiger partial charge in [-0.05, 0) is 36.6 Å². The van der Waals surface area contributed by atoms with Crippen LogP contribution in [0, 0.1) is 0 Å². The molecule has 0 radical (unpaired) electrons. The second-order valence-corrected chi connectivity index (χ2v) is 4.22. The van der Waals surface area contributed by atoms with E-state index in [1.54, 1.807) is 17.4 Å². The minimum Gasteiger partial charge on any atom is -0.494 e. The van der Waals surface area contributed by atoms with Crippen LogP contribution >= 0.6 is 11.3 Å². The van der Waals surface area contributed by atoms with E-state index in [4.69, 9.17) is 4.74 Å². The van der Waals surface area contributed by atoms with Crippen LogP contribution in [0.2, 0.25) is 0 Å². The number of ether oxygens (including phenoxy) is 1. The Bertz CT molecular complexity index is 475. The highest BCUT2D eigenvalue weighted by molar-refractivity contribution is 7.13. The molecule has 0 saturated carbocycles. The molecular formula is C13H12O2S. The molecule has 0 aliphatic heterocycles. The summed E-state index contributed by atoms with van der Waals surface area (Å²) in [7, 11) is 0. The molecule has 0 unspecified atom stereocenters. The molecule has 0 spiro atoms. The van der Waals surface area contributed by atoms with Crippen LogP contribution in [0.5, 0.6) is 5.75 Å². The maximum Gasteiger partial charge on any atom is 0.150 e. The number of thiophene rings is 1. The van der Waals surface area contributed by atoms with Gasteiger partial charge in [0.25, 0.3) is 0 Å². The molecule has 0 fully saturated rings. The summed E-state index contributed by atoms with van der Waals surface area (Å²) in [4.78, 5) is 12.0. The summed E-state index contributed by atoms with van der Waals surface area (Å²) in [5.74, 6) is 0.802. The van der Waals surface area contributed by atoms with E-state index in [1.807, 2.05) is 36.6 Å². The van der Waals surface area contributed by atoms with Gasteiger partial charge >= 0.3 is 0 Å². The average Bonchev–Trinajstić information content (AvgIpc) is 2.83. The van der Waals surface area contributed by atoms with Crippen molar-refractivity contribution in [2.45, 2.75) is 6.92 Å². The highest BCUT2D eigenvalue weighted by Gasteiger charge is 2.07. The van der Waals surface area contributed by atoms with Crippen LogP contribution in [0.1, 0.15) is 17.3 Å². The minimum absolute atomic E-state index is 0.629. The normalized spacial score (nSPS) is 10.1. The van der Waals surface area contributed by atoms with Gasteiger partial charge in [0.1, 0.15) is 5.75 Å². The summed E-state index contributed by atoms with van der Waals surface area (Å²) in [6, 6.07) is 9.51. The lowest BCUT2D eigenvalue weighted by Gasteiger charge is -2.07.